The maximum atomic E-state index is 12.9. The predicted octanol–water partition coefficient (Wildman–Crippen LogP) is 4.20. The van der Waals surface area contributed by atoms with Crippen molar-refractivity contribution in [2.75, 3.05) is 5.32 Å². The van der Waals surface area contributed by atoms with Gasteiger partial charge < -0.3 is 10.4 Å². The number of carboxylic acids is 1. The first-order chi connectivity index (χ1) is 12.4. The van der Waals surface area contributed by atoms with Crippen molar-refractivity contribution >= 4 is 34.8 Å². The van der Waals surface area contributed by atoms with E-state index in [9.17, 15) is 14.7 Å². The van der Waals surface area contributed by atoms with Gasteiger partial charge in [0.25, 0.3) is 5.91 Å². The van der Waals surface area contributed by atoms with Crippen LogP contribution in [0.25, 0.3) is 5.65 Å². The molecule has 0 fully saturated rings. The van der Waals surface area contributed by atoms with E-state index in [0.717, 1.165) is 12.0 Å². The summed E-state index contributed by atoms with van der Waals surface area (Å²) in [6.07, 6.45) is 3.34. The van der Waals surface area contributed by atoms with Crippen LogP contribution in [-0.2, 0) is 6.42 Å². The number of nitrogens with zero attached hydrogens (tertiary/aromatic N) is 2. The summed E-state index contributed by atoms with van der Waals surface area (Å²) in [5.41, 5.74) is 3.23. The van der Waals surface area contributed by atoms with Gasteiger partial charge >= 0.3 is 5.97 Å². The highest BCUT2D eigenvalue weighted by molar-refractivity contribution is 6.33. The van der Waals surface area contributed by atoms with Crippen molar-refractivity contribution in [2.24, 2.45) is 0 Å². The van der Waals surface area contributed by atoms with E-state index in [1.807, 2.05) is 32.2 Å². The lowest BCUT2D eigenvalue weighted by Gasteiger charge is -2.09. The third-order valence-electron chi connectivity index (χ3n) is 4.01. The van der Waals surface area contributed by atoms with Crippen LogP contribution in [0, 0.1) is 6.92 Å². The minimum atomic E-state index is -1.15. The Labute approximate surface area is 155 Å². The first-order valence-electron chi connectivity index (χ1n) is 8.22. The van der Waals surface area contributed by atoms with E-state index >= 15 is 0 Å². The number of rotatable bonds is 5. The fraction of sp³-hybridized carbons (Fsp3) is 0.211. The Balaban J connectivity index is 2.01. The van der Waals surface area contributed by atoms with Crippen LogP contribution in [0.15, 0.2) is 36.5 Å². The molecule has 2 aromatic heterocycles. The van der Waals surface area contributed by atoms with Crippen molar-refractivity contribution in [1.82, 2.24) is 9.38 Å². The molecule has 134 valence electrons. The fourth-order valence-corrected chi connectivity index (χ4v) is 3.00. The molecule has 1 aromatic carbocycles. The van der Waals surface area contributed by atoms with Crippen molar-refractivity contribution in [3.63, 3.8) is 0 Å². The van der Waals surface area contributed by atoms with E-state index in [2.05, 4.69) is 10.3 Å². The Hall–Kier alpha value is -2.86. The number of fused-ring (bicyclic) bond motifs is 1. The van der Waals surface area contributed by atoms with Crippen LogP contribution in [0.4, 0.5) is 5.69 Å². The number of carboxylic acid groups (broad SMARTS) is 1. The van der Waals surface area contributed by atoms with Gasteiger partial charge in [0.1, 0.15) is 11.3 Å². The summed E-state index contributed by atoms with van der Waals surface area (Å²) in [5, 5.41) is 12.0. The second kappa shape index (κ2) is 7.17. The summed E-state index contributed by atoms with van der Waals surface area (Å²) < 4.78 is 1.75. The minimum Gasteiger partial charge on any atom is -0.478 e. The molecular weight excluding hydrogens is 354 g/mol. The van der Waals surface area contributed by atoms with Gasteiger partial charge in [-0.2, -0.15) is 0 Å². The SMILES string of the molecule is CCCc1nc2cc(C)ccn2c1C(=O)Nc1ccc(Cl)c(C(=O)O)c1. The van der Waals surface area contributed by atoms with Crippen LogP contribution in [0.2, 0.25) is 5.02 Å². The molecule has 7 heteroatoms. The van der Waals surface area contributed by atoms with Gasteiger partial charge in [-0.3, -0.25) is 9.20 Å². The summed E-state index contributed by atoms with van der Waals surface area (Å²) in [7, 11) is 0. The number of aromatic carboxylic acids is 1. The molecule has 0 aliphatic rings. The van der Waals surface area contributed by atoms with Crippen molar-refractivity contribution < 1.29 is 14.7 Å². The lowest BCUT2D eigenvalue weighted by molar-refractivity contribution is 0.0696. The molecule has 3 rings (SSSR count). The zero-order chi connectivity index (χ0) is 18.8. The second-order valence-electron chi connectivity index (χ2n) is 6.04. The number of halogens is 1. The number of nitrogens with one attached hydrogen (secondary N) is 1. The first kappa shape index (κ1) is 17.9. The third-order valence-corrected chi connectivity index (χ3v) is 4.34. The highest BCUT2D eigenvalue weighted by atomic mass is 35.5. The van der Waals surface area contributed by atoms with E-state index in [1.165, 1.54) is 12.1 Å². The molecular formula is C19H18ClN3O3. The molecule has 6 nitrogen and oxygen atoms in total. The Morgan fingerprint density at radius 3 is 2.73 bits per heavy atom. The molecule has 26 heavy (non-hydrogen) atoms. The molecule has 0 spiro atoms. The monoisotopic (exact) mass is 371 g/mol. The van der Waals surface area contributed by atoms with Crippen LogP contribution >= 0.6 is 11.6 Å². The minimum absolute atomic E-state index is 0.0629. The maximum absolute atomic E-state index is 12.9. The number of carbonyl (C=O) groups excluding carboxylic acids is 1. The summed E-state index contributed by atoms with van der Waals surface area (Å²) in [4.78, 5) is 28.7. The number of anilines is 1. The van der Waals surface area contributed by atoms with Crippen molar-refractivity contribution in [1.29, 1.82) is 0 Å². The van der Waals surface area contributed by atoms with Gasteiger partial charge in [-0.1, -0.05) is 24.9 Å². The molecule has 0 saturated carbocycles. The van der Waals surface area contributed by atoms with Gasteiger partial charge in [0.2, 0.25) is 0 Å². The van der Waals surface area contributed by atoms with Crippen molar-refractivity contribution in [3.05, 3.63) is 64.1 Å². The molecule has 3 aromatic rings. The molecule has 1 amide bonds. The lowest BCUT2D eigenvalue weighted by Crippen LogP contribution is -2.17. The number of aryl methyl sites for hydroxylation is 2. The second-order valence-corrected chi connectivity index (χ2v) is 6.45. The van der Waals surface area contributed by atoms with Crippen LogP contribution in [0.5, 0.6) is 0 Å². The fourth-order valence-electron chi connectivity index (χ4n) is 2.80. The Morgan fingerprint density at radius 1 is 1.27 bits per heavy atom. The Morgan fingerprint density at radius 2 is 2.04 bits per heavy atom. The molecule has 0 saturated heterocycles. The first-order valence-corrected chi connectivity index (χ1v) is 8.60. The number of carbonyl (C=O) groups is 2. The van der Waals surface area contributed by atoms with Crippen LogP contribution < -0.4 is 5.32 Å². The smallest absolute Gasteiger partial charge is 0.337 e. The number of amides is 1. The normalized spacial score (nSPS) is 10.9. The van der Waals surface area contributed by atoms with Crippen LogP contribution in [0.1, 0.15) is 45.4 Å². The number of benzene rings is 1. The third kappa shape index (κ3) is 3.41. The highest BCUT2D eigenvalue weighted by Crippen LogP contribution is 2.22. The van der Waals surface area contributed by atoms with Gasteiger partial charge in [-0.15, -0.1) is 0 Å². The Kier molecular flexibility index (Phi) is 4.95. The molecule has 2 heterocycles. The number of pyridine rings is 1. The molecule has 0 unspecified atom stereocenters. The summed E-state index contributed by atoms with van der Waals surface area (Å²) >= 11 is 5.88. The van der Waals surface area contributed by atoms with E-state index < -0.39 is 5.97 Å². The van der Waals surface area contributed by atoms with Gasteiger partial charge in [0.05, 0.1) is 16.3 Å². The summed E-state index contributed by atoms with van der Waals surface area (Å²) in [6.45, 7) is 3.99. The zero-order valence-electron chi connectivity index (χ0n) is 14.4. The van der Waals surface area contributed by atoms with Gasteiger partial charge in [-0.25, -0.2) is 9.78 Å². The topological polar surface area (TPSA) is 83.7 Å². The molecule has 0 aliphatic heterocycles. The summed E-state index contributed by atoms with van der Waals surface area (Å²) in [5.74, 6) is -1.49. The Bertz CT molecular complexity index is 1010. The molecule has 0 atom stereocenters. The predicted molar refractivity (Wildman–Crippen MR) is 100 cm³/mol. The average Bonchev–Trinajstić information content (AvgIpc) is 2.93. The summed E-state index contributed by atoms with van der Waals surface area (Å²) in [6, 6.07) is 8.19. The number of aromatic nitrogens is 2. The van der Waals surface area contributed by atoms with Crippen LogP contribution in [0.3, 0.4) is 0 Å². The standard InChI is InChI=1S/C19H18ClN3O3/c1-3-4-15-17(23-8-7-11(2)9-16(23)22-15)18(24)21-12-5-6-14(20)13(10-12)19(25)26/h5-10H,3-4H2,1-2H3,(H,21,24)(H,25,26). The quantitative estimate of drug-likeness (QED) is 0.704. The number of hydrogen-bond donors (Lipinski definition) is 2. The maximum Gasteiger partial charge on any atom is 0.337 e. The van der Waals surface area contributed by atoms with E-state index in [0.29, 0.717) is 29.1 Å². The molecule has 0 aliphatic carbocycles. The number of imidazole rings is 1. The van der Waals surface area contributed by atoms with E-state index in [4.69, 9.17) is 11.6 Å². The van der Waals surface area contributed by atoms with Gasteiger partial charge in [-0.05, 0) is 49.2 Å². The van der Waals surface area contributed by atoms with Crippen molar-refractivity contribution in [2.45, 2.75) is 26.7 Å². The highest BCUT2D eigenvalue weighted by Gasteiger charge is 2.20. The zero-order valence-corrected chi connectivity index (χ0v) is 15.2. The van der Waals surface area contributed by atoms with Crippen LogP contribution in [-0.4, -0.2) is 26.4 Å². The van der Waals surface area contributed by atoms with E-state index in [-0.39, 0.29) is 16.5 Å². The molecule has 2 N–H and O–H groups in total. The molecule has 0 radical (unpaired) electrons. The van der Waals surface area contributed by atoms with E-state index in [1.54, 1.807) is 10.5 Å². The van der Waals surface area contributed by atoms with Gasteiger partial charge in [0.15, 0.2) is 0 Å². The molecule has 0 bridgehead atoms. The average molecular weight is 372 g/mol. The van der Waals surface area contributed by atoms with Crippen molar-refractivity contribution in [3.8, 4) is 0 Å². The largest absolute Gasteiger partial charge is 0.478 e. The van der Waals surface area contributed by atoms with Gasteiger partial charge in [0, 0.05) is 11.9 Å². The lowest BCUT2D eigenvalue weighted by atomic mass is 10.1. The number of hydrogen-bond acceptors (Lipinski definition) is 3.